The summed E-state index contributed by atoms with van der Waals surface area (Å²) in [5, 5.41) is -0.942. The molecule has 0 aliphatic carbocycles. The zero-order chi connectivity index (χ0) is 9.35. The summed E-state index contributed by atoms with van der Waals surface area (Å²) in [6.07, 6.45) is 0. The molecular formula is C4H4ClN3O3S. The Hall–Kier alpha value is -0.920. The van der Waals surface area contributed by atoms with Gasteiger partial charge in [0.25, 0.3) is 5.16 Å². The highest BCUT2D eigenvalue weighted by Gasteiger charge is 2.14. The van der Waals surface area contributed by atoms with E-state index in [1.54, 1.807) is 0 Å². The number of aromatic nitrogens is 2. The van der Waals surface area contributed by atoms with Gasteiger partial charge >= 0.3 is 10.1 Å². The molecule has 12 heavy (non-hydrogen) atoms. The molecule has 1 aromatic rings. The maximum atomic E-state index is 10.5. The van der Waals surface area contributed by atoms with Gasteiger partial charge in [0.1, 0.15) is 11.0 Å². The molecule has 0 amide bonds. The summed E-state index contributed by atoms with van der Waals surface area (Å²) in [5.41, 5.74) is 5.14. The summed E-state index contributed by atoms with van der Waals surface area (Å²) in [7, 11) is -4.43. The normalized spacial score (nSPS) is 11.5. The molecule has 66 valence electrons. The quantitative estimate of drug-likeness (QED) is 0.382. The number of anilines is 1. The van der Waals surface area contributed by atoms with Gasteiger partial charge in [-0.1, -0.05) is 11.6 Å². The monoisotopic (exact) mass is 209 g/mol. The van der Waals surface area contributed by atoms with Gasteiger partial charge in [0.2, 0.25) is 0 Å². The fourth-order valence-electron chi connectivity index (χ4n) is 0.529. The highest BCUT2D eigenvalue weighted by molar-refractivity contribution is 7.85. The van der Waals surface area contributed by atoms with Crippen molar-refractivity contribution in [1.82, 2.24) is 9.97 Å². The zero-order valence-corrected chi connectivity index (χ0v) is 7.17. The summed E-state index contributed by atoms with van der Waals surface area (Å²) in [5.74, 6) is -0.123. The maximum Gasteiger partial charge on any atom is 0.330 e. The van der Waals surface area contributed by atoms with Gasteiger partial charge in [-0.3, -0.25) is 4.55 Å². The van der Waals surface area contributed by atoms with Crippen LogP contribution in [-0.2, 0) is 10.1 Å². The first-order valence-corrected chi connectivity index (χ1v) is 4.49. The van der Waals surface area contributed by atoms with Crippen LogP contribution in [0.15, 0.2) is 11.2 Å². The Morgan fingerprint density at radius 3 is 2.50 bits per heavy atom. The fraction of sp³-hybridized carbons (Fsp3) is 0. The maximum absolute atomic E-state index is 10.5. The number of hydrogen-bond acceptors (Lipinski definition) is 5. The molecule has 0 fully saturated rings. The van der Waals surface area contributed by atoms with Crippen LogP contribution in [-0.4, -0.2) is 22.9 Å². The number of hydrogen-bond donors (Lipinski definition) is 2. The van der Waals surface area contributed by atoms with Crippen molar-refractivity contribution in [1.29, 1.82) is 0 Å². The Balaban J connectivity index is 3.37. The molecule has 8 heteroatoms. The van der Waals surface area contributed by atoms with Gasteiger partial charge in [-0.05, 0) is 0 Å². The lowest BCUT2D eigenvalue weighted by molar-refractivity contribution is 0.474. The first-order chi connectivity index (χ1) is 5.39. The Labute approximate surface area is 73.1 Å². The van der Waals surface area contributed by atoms with Crippen LogP contribution < -0.4 is 5.73 Å². The van der Waals surface area contributed by atoms with Crippen LogP contribution in [0, 0.1) is 0 Å². The van der Waals surface area contributed by atoms with Crippen LogP contribution in [0.2, 0.25) is 5.15 Å². The topological polar surface area (TPSA) is 106 Å². The molecule has 1 heterocycles. The molecule has 0 aliphatic heterocycles. The lowest BCUT2D eigenvalue weighted by atomic mass is 10.6. The highest BCUT2D eigenvalue weighted by atomic mass is 35.5. The third-order valence-corrected chi connectivity index (χ3v) is 1.76. The molecule has 0 unspecified atom stereocenters. The minimum absolute atomic E-state index is 0.123. The summed E-state index contributed by atoms with van der Waals surface area (Å²) in [4.78, 5) is 6.49. The van der Waals surface area contributed by atoms with Crippen LogP contribution in [0.1, 0.15) is 0 Å². The molecule has 0 radical (unpaired) electrons. The van der Waals surface area contributed by atoms with Crippen LogP contribution in [0.4, 0.5) is 5.82 Å². The largest absolute Gasteiger partial charge is 0.384 e. The van der Waals surface area contributed by atoms with E-state index in [0.29, 0.717) is 0 Å². The van der Waals surface area contributed by atoms with E-state index in [0.717, 1.165) is 6.07 Å². The first kappa shape index (κ1) is 9.17. The van der Waals surface area contributed by atoms with Crippen molar-refractivity contribution in [3.05, 3.63) is 11.2 Å². The number of rotatable bonds is 1. The molecule has 3 N–H and O–H groups in total. The summed E-state index contributed by atoms with van der Waals surface area (Å²) in [6, 6.07) is 1.16. The Kier molecular flexibility index (Phi) is 2.18. The minimum Gasteiger partial charge on any atom is -0.384 e. The summed E-state index contributed by atoms with van der Waals surface area (Å²) >= 11 is 5.35. The van der Waals surface area contributed by atoms with Crippen molar-refractivity contribution in [2.45, 2.75) is 5.16 Å². The Morgan fingerprint density at radius 1 is 1.50 bits per heavy atom. The van der Waals surface area contributed by atoms with Crippen molar-refractivity contribution in [2.75, 3.05) is 5.73 Å². The van der Waals surface area contributed by atoms with E-state index in [4.69, 9.17) is 21.9 Å². The van der Waals surface area contributed by atoms with Crippen molar-refractivity contribution < 1.29 is 13.0 Å². The van der Waals surface area contributed by atoms with Crippen LogP contribution >= 0.6 is 11.6 Å². The molecule has 0 spiro atoms. The van der Waals surface area contributed by atoms with E-state index in [9.17, 15) is 8.42 Å². The van der Waals surface area contributed by atoms with Gasteiger partial charge in [-0.2, -0.15) is 13.4 Å². The molecule has 0 aromatic carbocycles. The molecular weight excluding hydrogens is 206 g/mol. The van der Waals surface area contributed by atoms with E-state index >= 15 is 0 Å². The van der Waals surface area contributed by atoms with Crippen molar-refractivity contribution in [3.8, 4) is 0 Å². The average molecular weight is 210 g/mol. The highest BCUT2D eigenvalue weighted by Crippen LogP contribution is 2.11. The van der Waals surface area contributed by atoms with Gasteiger partial charge in [0, 0.05) is 6.07 Å². The number of nitrogens with zero attached hydrogens (tertiary/aromatic N) is 2. The second-order valence-electron chi connectivity index (χ2n) is 1.87. The first-order valence-electron chi connectivity index (χ1n) is 2.67. The van der Waals surface area contributed by atoms with Gasteiger partial charge in [0.15, 0.2) is 0 Å². The Morgan fingerprint density at radius 2 is 2.08 bits per heavy atom. The predicted octanol–water partition coefficient (Wildman–Crippen LogP) is -0.0411. The van der Waals surface area contributed by atoms with Crippen LogP contribution in [0.5, 0.6) is 0 Å². The van der Waals surface area contributed by atoms with Gasteiger partial charge in [-0.25, -0.2) is 4.98 Å². The van der Waals surface area contributed by atoms with Crippen molar-refractivity contribution in [2.24, 2.45) is 0 Å². The average Bonchev–Trinajstić information content (AvgIpc) is 1.82. The minimum atomic E-state index is -4.43. The number of nitrogens with two attached hydrogens (primary N) is 1. The SMILES string of the molecule is Nc1cc(Cl)nc(S(=O)(=O)O)n1. The second kappa shape index (κ2) is 2.85. The van der Waals surface area contributed by atoms with Gasteiger partial charge in [-0.15, -0.1) is 0 Å². The van der Waals surface area contributed by atoms with E-state index in [2.05, 4.69) is 9.97 Å². The molecule has 0 aliphatic rings. The third kappa shape index (κ3) is 2.03. The third-order valence-electron chi connectivity index (χ3n) is 0.925. The standard InChI is InChI=1S/C4H4ClN3O3S/c5-2-1-3(6)8-4(7-2)12(9,10)11/h1H,(H2,6,7,8)(H,9,10,11). The number of halogens is 1. The summed E-state index contributed by atoms with van der Waals surface area (Å²) < 4.78 is 29.4. The van der Waals surface area contributed by atoms with Gasteiger partial charge < -0.3 is 5.73 Å². The fourth-order valence-corrected chi connectivity index (χ4v) is 1.21. The van der Waals surface area contributed by atoms with Gasteiger partial charge in [0.05, 0.1) is 0 Å². The smallest absolute Gasteiger partial charge is 0.330 e. The molecule has 6 nitrogen and oxygen atoms in total. The van der Waals surface area contributed by atoms with E-state index in [-0.39, 0.29) is 11.0 Å². The molecule has 1 rings (SSSR count). The van der Waals surface area contributed by atoms with Crippen molar-refractivity contribution >= 4 is 27.5 Å². The molecule has 0 atom stereocenters. The summed E-state index contributed by atoms with van der Waals surface area (Å²) in [6.45, 7) is 0. The number of nitrogen functional groups attached to an aromatic ring is 1. The lowest BCUT2D eigenvalue weighted by Crippen LogP contribution is -2.06. The molecule has 0 saturated heterocycles. The van der Waals surface area contributed by atoms with Crippen LogP contribution in [0.3, 0.4) is 0 Å². The Bertz CT molecular complexity index is 384. The molecule has 0 bridgehead atoms. The van der Waals surface area contributed by atoms with E-state index in [1.807, 2.05) is 0 Å². The van der Waals surface area contributed by atoms with E-state index in [1.165, 1.54) is 0 Å². The lowest BCUT2D eigenvalue weighted by Gasteiger charge is -1.96. The van der Waals surface area contributed by atoms with Crippen molar-refractivity contribution in [3.63, 3.8) is 0 Å². The molecule has 0 saturated carbocycles. The zero-order valence-electron chi connectivity index (χ0n) is 5.60. The second-order valence-corrected chi connectivity index (χ2v) is 3.58. The van der Waals surface area contributed by atoms with E-state index < -0.39 is 15.3 Å². The predicted molar refractivity (Wildman–Crippen MR) is 41.3 cm³/mol. The van der Waals surface area contributed by atoms with Crippen LogP contribution in [0.25, 0.3) is 0 Å². The molecule has 1 aromatic heterocycles.